The molecule has 0 saturated heterocycles. The van der Waals surface area contributed by atoms with Gasteiger partial charge in [0.05, 0.1) is 11.4 Å². The van der Waals surface area contributed by atoms with Gasteiger partial charge in [0.2, 0.25) is 0 Å². The van der Waals surface area contributed by atoms with E-state index < -0.39 is 0 Å². The maximum absolute atomic E-state index is 11.4. The molecule has 96 valence electrons. The predicted molar refractivity (Wildman–Crippen MR) is 78.0 cm³/mol. The number of rotatable bonds is 4. The number of hydrogen-bond acceptors (Lipinski definition) is 4. The van der Waals surface area contributed by atoms with Crippen molar-refractivity contribution in [3.8, 4) is 0 Å². The molecule has 0 bridgehead atoms. The van der Waals surface area contributed by atoms with Crippen LogP contribution in [0.1, 0.15) is 39.4 Å². The molecule has 0 N–H and O–H groups in total. The normalized spacial score (nSPS) is 11.4. The van der Waals surface area contributed by atoms with Crippen molar-refractivity contribution in [3.63, 3.8) is 0 Å². The molecule has 0 saturated carbocycles. The van der Waals surface area contributed by atoms with Crippen LogP contribution in [0.5, 0.6) is 0 Å². The molecule has 3 nitrogen and oxygen atoms in total. The summed E-state index contributed by atoms with van der Waals surface area (Å²) in [5.74, 6) is -0.0392. The summed E-state index contributed by atoms with van der Waals surface area (Å²) in [6.45, 7) is 3.39. The molecular formula is C15H13NO2S. The summed E-state index contributed by atoms with van der Waals surface area (Å²) >= 11 is 1.59. The van der Waals surface area contributed by atoms with Gasteiger partial charge in [0, 0.05) is 16.0 Å². The summed E-state index contributed by atoms with van der Waals surface area (Å²) in [5.41, 5.74) is 2.41. The van der Waals surface area contributed by atoms with Gasteiger partial charge in [0.15, 0.2) is 12.1 Å². The van der Waals surface area contributed by atoms with Crippen molar-refractivity contribution in [2.75, 3.05) is 0 Å². The molecule has 4 heteroatoms. The molecule has 0 unspecified atom stereocenters. The number of aldehydes is 1. The molecular weight excluding hydrogens is 258 g/mol. The Bertz CT molecular complexity index is 642. The van der Waals surface area contributed by atoms with Gasteiger partial charge in [-0.2, -0.15) is 0 Å². The summed E-state index contributed by atoms with van der Waals surface area (Å²) in [6, 6.07) is 8.85. The lowest BCUT2D eigenvalue weighted by atomic mass is 10.1. The minimum absolute atomic E-state index is 0.0392. The Morgan fingerprint density at radius 3 is 2.63 bits per heavy atom. The number of benzene rings is 1. The van der Waals surface area contributed by atoms with Crippen molar-refractivity contribution in [2.45, 2.75) is 13.8 Å². The highest BCUT2D eigenvalue weighted by Crippen LogP contribution is 2.22. The first-order chi connectivity index (χ1) is 9.11. The third kappa shape index (κ3) is 3.03. The number of thiophene rings is 1. The molecule has 0 aliphatic carbocycles. The van der Waals surface area contributed by atoms with E-state index in [0.717, 1.165) is 16.9 Å². The SMILES string of the molecule is CC(=O)c1ccc(C=O)c(N=C(C)c2cccs2)c1. The number of aliphatic imine (C=N–C) groups is 1. The van der Waals surface area contributed by atoms with E-state index in [4.69, 9.17) is 0 Å². The maximum Gasteiger partial charge on any atom is 0.159 e. The van der Waals surface area contributed by atoms with Crippen LogP contribution in [0, 0.1) is 0 Å². The summed E-state index contributed by atoms with van der Waals surface area (Å²) in [6.07, 6.45) is 0.754. The van der Waals surface area contributed by atoms with Gasteiger partial charge in [-0.05, 0) is 37.4 Å². The molecule has 1 heterocycles. The third-order valence-electron chi connectivity index (χ3n) is 2.73. The van der Waals surface area contributed by atoms with Crippen molar-refractivity contribution < 1.29 is 9.59 Å². The maximum atomic E-state index is 11.4. The second-order valence-electron chi connectivity index (χ2n) is 4.12. The third-order valence-corrected chi connectivity index (χ3v) is 3.71. The van der Waals surface area contributed by atoms with Gasteiger partial charge in [-0.15, -0.1) is 11.3 Å². The minimum Gasteiger partial charge on any atom is -0.298 e. The van der Waals surface area contributed by atoms with Crippen LogP contribution in [0.2, 0.25) is 0 Å². The lowest BCUT2D eigenvalue weighted by Gasteiger charge is -2.03. The molecule has 0 aliphatic rings. The smallest absolute Gasteiger partial charge is 0.159 e. The molecule has 1 aromatic heterocycles. The summed E-state index contributed by atoms with van der Waals surface area (Å²) < 4.78 is 0. The molecule has 0 spiro atoms. The fraction of sp³-hybridized carbons (Fsp3) is 0.133. The summed E-state index contributed by atoms with van der Waals surface area (Å²) in [4.78, 5) is 27.9. The highest BCUT2D eigenvalue weighted by molar-refractivity contribution is 7.12. The molecule has 0 aliphatic heterocycles. The largest absolute Gasteiger partial charge is 0.298 e. The molecule has 0 amide bonds. The minimum atomic E-state index is -0.0392. The van der Waals surface area contributed by atoms with Gasteiger partial charge in [-0.3, -0.25) is 14.6 Å². The van der Waals surface area contributed by atoms with E-state index in [1.807, 2.05) is 24.4 Å². The van der Waals surface area contributed by atoms with Crippen LogP contribution in [0.4, 0.5) is 5.69 Å². The fourth-order valence-electron chi connectivity index (χ4n) is 1.68. The zero-order chi connectivity index (χ0) is 13.8. The van der Waals surface area contributed by atoms with E-state index in [-0.39, 0.29) is 5.78 Å². The molecule has 0 atom stereocenters. The predicted octanol–water partition coefficient (Wildman–Crippen LogP) is 3.90. The average Bonchev–Trinajstić information content (AvgIpc) is 2.92. The van der Waals surface area contributed by atoms with E-state index in [9.17, 15) is 9.59 Å². The van der Waals surface area contributed by atoms with E-state index in [0.29, 0.717) is 16.8 Å². The van der Waals surface area contributed by atoms with Gasteiger partial charge in [-0.25, -0.2) is 0 Å². The Labute approximate surface area is 115 Å². The van der Waals surface area contributed by atoms with Crippen molar-refractivity contribution in [3.05, 3.63) is 51.7 Å². The Morgan fingerprint density at radius 2 is 2.05 bits per heavy atom. The van der Waals surface area contributed by atoms with Crippen molar-refractivity contribution >= 4 is 34.8 Å². The summed E-state index contributed by atoms with van der Waals surface area (Å²) in [5, 5.41) is 1.97. The van der Waals surface area contributed by atoms with Crippen molar-refractivity contribution in [2.24, 2.45) is 4.99 Å². The molecule has 0 fully saturated rings. The topological polar surface area (TPSA) is 46.5 Å². The molecule has 2 aromatic rings. The Balaban J connectivity index is 2.48. The van der Waals surface area contributed by atoms with E-state index in [1.165, 1.54) is 6.92 Å². The Hall–Kier alpha value is -2.07. The molecule has 1 aromatic carbocycles. The first-order valence-electron chi connectivity index (χ1n) is 5.81. The van der Waals surface area contributed by atoms with Crippen LogP contribution in [0.15, 0.2) is 40.7 Å². The number of ketones is 1. The Kier molecular flexibility index (Phi) is 4.02. The van der Waals surface area contributed by atoms with E-state index in [2.05, 4.69) is 4.99 Å². The zero-order valence-electron chi connectivity index (χ0n) is 10.7. The zero-order valence-corrected chi connectivity index (χ0v) is 11.5. The standard InChI is InChI=1S/C15H13NO2S/c1-10(15-4-3-7-19-15)16-14-8-12(11(2)18)5-6-13(14)9-17/h3-9H,1-2H3. The monoisotopic (exact) mass is 271 g/mol. The highest BCUT2D eigenvalue weighted by atomic mass is 32.1. The van der Waals surface area contributed by atoms with Crippen LogP contribution in [-0.4, -0.2) is 17.8 Å². The van der Waals surface area contributed by atoms with Crippen LogP contribution >= 0.6 is 11.3 Å². The fourth-order valence-corrected chi connectivity index (χ4v) is 2.36. The van der Waals surface area contributed by atoms with Gasteiger partial charge in [0.25, 0.3) is 0 Å². The molecule has 0 radical (unpaired) electrons. The molecule has 2 rings (SSSR count). The Morgan fingerprint density at radius 1 is 1.26 bits per heavy atom. The van der Waals surface area contributed by atoms with Crippen molar-refractivity contribution in [1.29, 1.82) is 0 Å². The molecule has 19 heavy (non-hydrogen) atoms. The van der Waals surface area contributed by atoms with E-state index in [1.54, 1.807) is 29.5 Å². The van der Waals surface area contributed by atoms with E-state index >= 15 is 0 Å². The number of hydrogen-bond donors (Lipinski definition) is 0. The summed E-state index contributed by atoms with van der Waals surface area (Å²) in [7, 11) is 0. The first kappa shape index (κ1) is 13.4. The van der Waals surface area contributed by atoms with Crippen molar-refractivity contribution in [1.82, 2.24) is 0 Å². The van der Waals surface area contributed by atoms with Crippen LogP contribution in [0.25, 0.3) is 0 Å². The van der Waals surface area contributed by atoms with Gasteiger partial charge in [0.1, 0.15) is 0 Å². The second-order valence-corrected chi connectivity index (χ2v) is 5.07. The van der Waals surface area contributed by atoms with Gasteiger partial charge < -0.3 is 0 Å². The number of nitrogens with zero attached hydrogens (tertiary/aromatic N) is 1. The number of carbonyl (C=O) groups excluding carboxylic acids is 2. The van der Waals surface area contributed by atoms with Gasteiger partial charge >= 0.3 is 0 Å². The second kappa shape index (κ2) is 5.71. The van der Waals surface area contributed by atoms with Crippen LogP contribution in [-0.2, 0) is 0 Å². The van der Waals surface area contributed by atoms with Crippen LogP contribution < -0.4 is 0 Å². The highest BCUT2D eigenvalue weighted by Gasteiger charge is 2.07. The first-order valence-corrected chi connectivity index (χ1v) is 6.69. The lowest BCUT2D eigenvalue weighted by Crippen LogP contribution is -1.95. The quantitative estimate of drug-likeness (QED) is 0.481. The van der Waals surface area contributed by atoms with Crippen LogP contribution in [0.3, 0.4) is 0 Å². The average molecular weight is 271 g/mol. The number of Topliss-reactive ketones (excluding diaryl/α,β-unsaturated/α-hetero) is 1. The lowest BCUT2D eigenvalue weighted by molar-refractivity contribution is 0.101. The van der Waals surface area contributed by atoms with Gasteiger partial charge in [-0.1, -0.05) is 12.1 Å². The number of carbonyl (C=O) groups is 2.